The van der Waals surface area contributed by atoms with Crippen LogP contribution in [0.1, 0.15) is 78.7 Å². The Kier molecular flexibility index (Phi) is 11.3. The Hall–Kier alpha value is -4.66. The molecule has 2 aliphatic heterocycles. The lowest BCUT2D eigenvalue weighted by molar-refractivity contribution is -0.138. The molecule has 4 bridgehead atoms. The maximum absolute atomic E-state index is 14.2. The van der Waals surface area contributed by atoms with Crippen LogP contribution in [0.5, 0.6) is 5.75 Å². The van der Waals surface area contributed by atoms with Crippen LogP contribution >= 0.6 is 0 Å². The Morgan fingerprint density at radius 1 is 0.918 bits per heavy atom. The Morgan fingerprint density at radius 2 is 1.73 bits per heavy atom. The summed E-state index contributed by atoms with van der Waals surface area (Å²) in [5, 5.41) is 8.96. The number of piperidine rings is 1. The highest BCUT2D eigenvalue weighted by Crippen LogP contribution is 2.32. The second-order valence-electron chi connectivity index (χ2n) is 13.8. The summed E-state index contributed by atoms with van der Waals surface area (Å²) in [6.07, 6.45) is 5.86. The van der Waals surface area contributed by atoms with E-state index in [9.17, 15) is 19.2 Å². The lowest BCUT2D eigenvalue weighted by Gasteiger charge is -2.34. The molecule has 0 aromatic heterocycles. The van der Waals surface area contributed by atoms with Gasteiger partial charge in [-0.2, -0.15) is 0 Å². The monoisotopic (exact) mass is 664 g/mol. The van der Waals surface area contributed by atoms with Crippen molar-refractivity contribution < 1.29 is 23.9 Å². The molecule has 3 aliphatic rings. The van der Waals surface area contributed by atoms with Crippen molar-refractivity contribution in [1.82, 2.24) is 20.9 Å². The van der Waals surface area contributed by atoms with Gasteiger partial charge in [0.15, 0.2) is 0 Å². The lowest BCUT2D eigenvalue weighted by Crippen LogP contribution is -2.56. The van der Waals surface area contributed by atoms with Gasteiger partial charge in [0.05, 0.1) is 18.9 Å². The minimum absolute atomic E-state index is 0.175. The highest BCUT2D eigenvalue weighted by molar-refractivity contribution is 5.96. The number of hydrogen-bond donors (Lipinski definition) is 3. The molecule has 9 heteroatoms. The van der Waals surface area contributed by atoms with Crippen LogP contribution in [0, 0.1) is 12.8 Å². The van der Waals surface area contributed by atoms with Crippen LogP contribution in [-0.4, -0.2) is 60.3 Å². The van der Waals surface area contributed by atoms with Gasteiger partial charge in [0, 0.05) is 19.6 Å². The fraction of sp³-hybridized carbons (Fsp3) is 0.450. The van der Waals surface area contributed by atoms with Gasteiger partial charge in [-0.05, 0) is 104 Å². The topological polar surface area (TPSA) is 117 Å². The van der Waals surface area contributed by atoms with E-state index < -0.39 is 23.9 Å². The average molecular weight is 665 g/mol. The highest BCUT2D eigenvalue weighted by atomic mass is 16.5. The molecule has 1 aliphatic carbocycles. The second-order valence-corrected chi connectivity index (χ2v) is 13.8. The number of carbonyl (C=O) groups is 4. The maximum Gasteiger partial charge on any atom is 0.243 e. The smallest absolute Gasteiger partial charge is 0.243 e. The number of aryl methyl sites for hydroxylation is 3. The van der Waals surface area contributed by atoms with E-state index in [1.54, 1.807) is 0 Å². The summed E-state index contributed by atoms with van der Waals surface area (Å²) in [6.45, 7) is 3.99. The summed E-state index contributed by atoms with van der Waals surface area (Å²) in [5.74, 6) is -0.679. The summed E-state index contributed by atoms with van der Waals surface area (Å²) >= 11 is 0. The van der Waals surface area contributed by atoms with Crippen molar-refractivity contribution in [3.8, 4) is 5.75 Å². The fourth-order valence-corrected chi connectivity index (χ4v) is 7.41. The summed E-state index contributed by atoms with van der Waals surface area (Å²) in [4.78, 5) is 57.5. The van der Waals surface area contributed by atoms with E-state index in [0.717, 1.165) is 65.7 Å². The molecule has 3 N–H and O–H groups in total. The molecule has 258 valence electrons. The third-order valence-corrected chi connectivity index (χ3v) is 10.3. The van der Waals surface area contributed by atoms with Crippen LogP contribution in [-0.2, 0) is 38.6 Å². The molecule has 3 aromatic carbocycles. The first-order valence-electron chi connectivity index (χ1n) is 17.8. The van der Waals surface area contributed by atoms with Crippen LogP contribution in [0.2, 0.25) is 0 Å². The minimum atomic E-state index is -1.12. The van der Waals surface area contributed by atoms with Gasteiger partial charge in [-0.15, -0.1) is 0 Å². The molecule has 49 heavy (non-hydrogen) atoms. The van der Waals surface area contributed by atoms with Crippen LogP contribution in [0.25, 0.3) is 0 Å². The van der Waals surface area contributed by atoms with Gasteiger partial charge in [0.1, 0.15) is 17.8 Å². The highest BCUT2D eigenvalue weighted by Gasteiger charge is 2.34. The fourth-order valence-electron chi connectivity index (χ4n) is 7.41. The van der Waals surface area contributed by atoms with Crippen LogP contribution < -0.4 is 20.7 Å². The van der Waals surface area contributed by atoms with E-state index in [2.05, 4.69) is 16.0 Å². The van der Waals surface area contributed by atoms with Crippen molar-refractivity contribution in [2.75, 3.05) is 19.7 Å². The van der Waals surface area contributed by atoms with Crippen LogP contribution in [0.4, 0.5) is 0 Å². The Balaban J connectivity index is 1.27. The molecular weight excluding hydrogens is 616 g/mol. The number of carbonyl (C=O) groups excluding carboxylic acids is 4. The number of nitrogens with one attached hydrogen (secondary N) is 3. The quantitative estimate of drug-likeness (QED) is 0.364. The molecule has 2 heterocycles. The van der Waals surface area contributed by atoms with Gasteiger partial charge in [-0.3, -0.25) is 19.2 Å². The van der Waals surface area contributed by atoms with E-state index in [-0.39, 0.29) is 36.6 Å². The molecule has 0 radical (unpaired) electrons. The standard InChI is InChI=1S/C40H48N4O5/c1-27-16-18-32-23-31(27)25-41-39(47)35(19-17-28-9-3-2-4-10-28)42-40(48)36(24-37(45)44-21-8-11-29(26-44)20-22-49-32)43-38(46)34-15-7-13-30-12-5-6-14-33(30)34/h2-6,9-10,12,14,16,18,23,29,34-36H,7-8,11,13,15,17,19-22,24-26H2,1H3,(H,41,47)(H,42,48)(H,43,46)/t29?,34?,35?,36-/m0/s1. The lowest BCUT2D eigenvalue weighted by atomic mass is 9.82. The van der Waals surface area contributed by atoms with Gasteiger partial charge < -0.3 is 25.6 Å². The molecule has 1 fully saturated rings. The van der Waals surface area contributed by atoms with Crippen molar-refractivity contribution in [3.63, 3.8) is 0 Å². The first kappa shape index (κ1) is 34.2. The number of fused-ring (bicyclic) bond motifs is 5. The number of ether oxygens (including phenoxy) is 1. The summed E-state index contributed by atoms with van der Waals surface area (Å²) < 4.78 is 6.14. The SMILES string of the molecule is Cc1ccc2cc1CNC(=O)C(CCc1ccccc1)NC(=O)[C@@H](NC(=O)C1CCCc3ccccc31)CC(=O)N1CCCC(CCO2)C1. The van der Waals surface area contributed by atoms with Gasteiger partial charge >= 0.3 is 0 Å². The summed E-state index contributed by atoms with van der Waals surface area (Å²) in [7, 11) is 0. The summed E-state index contributed by atoms with van der Waals surface area (Å²) in [6, 6.07) is 21.6. The van der Waals surface area contributed by atoms with Crippen molar-refractivity contribution in [2.24, 2.45) is 5.92 Å². The number of rotatable bonds is 5. The average Bonchev–Trinajstić information content (AvgIpc) is 3.12. The van der Waals surface area contributed by atoms with Crippen molar-refractivity contribution in [3.05, 3.63) is 101 Å². The molecule has 9 nitrogen and oxygen atoms in total. The largest absolute Gasteiger partial charge is 0.494 e. The predicted octanol–water partition coefficient (Wildman–Crippen LogP) is 4.74. The van der Waals surface area contributed by atoms with E-state index in [1.807, 2.05) is 84.6 Å². The predicted molar refractivity (Wildman–Crippen MR) is 188 cm³/mol. The van der Waals surface area contributed by atoms with Crippen molar-refractivity contribution in [2.45, 2.75) is 89.3 Å². The zero-order valence-corrected chi connectivity index (χ0v) is 28.4. The maximum atomic E-state index is 14.2. The Labute approximate surface area is 289 Å². The first-order valence-corrected chi connectivity index (χ1v) is 17.8. The van der Waals surface area contributed by atoms with Crippen molar-refractivity contribution in [1.29, 1.82) is 0 Å². The number of nitrogens with zero attached hydrogens (tertiary/aromatic N) is 1. The second kappa shape index (κ2) is 16.2. The molecular formula is C40H48N4O5. The summed E-state index contributed by atoms with van der Waals surface area (Å²) in [5.41, 5.74) is 5.12. The van der Waals surface area contributed by atoms with Gasteiger partial charge in [-0.1, -0.05) is 60.7 Å². The zero-order valence-electron chi connectivity index (χ0n) is 28.4. The minimum Gasteiger partial charge on any atom is -0.494 e. The molecule has 0 spiro atoms. The molecule has 6 rings (SSSR count). The molecule has 1 saturated heterocycles. The molecule has 0 saturated carbocycles. The van der Waals surface area contributed by atoms with Gasteiger partial charge in [0.2, 0.25) is 23.6 Å². The zero-order chi connectivity index (χ0) is 34.2. The Bertz CT molecular complexity index is 1640. The molecule has 4 amide bonds. The Morgan fingerprint density at radius 3 is 2.59 bits per heavy atom. The first-order chi connectivity index (χ1) is 23.8. The molecule has 3 unspecified atom stereocenters. The number of hydrogen-bond acceptors (Lipinski definition) is 5. The normalized spacial score (nSPS) is 23.5. The third kappa shape index (κ3) is 8.88. The van der Waals surface area contributed by atoms with E-state index in [1.165, 1.54) is 0 Å². The van der Waals surface area contributed by atoms with E-state index >= 15 is 0 Å². The third-order valence-electron chi connectivity index (χ3n) is 10.3. The van der Waals surface area contributed by atoms with Gasteiger partial charge in [-0.25, -0.2) is 0 Å². The van der Waals surface area contributed by atoms with E-state index in [0.29, 0.717) is 39.0 Å². The van der Waals surface area contributed by atoms with Crippen LogP contribution in [0.3, 0.4) is 0 Å². The van der Waals surface area contributed by atoms with Gasteiger partial charge in [0.25, 0.3) is 0 Å². The van der Waals surface area contributed by atoms with Crippen LogP contribution in [0.15, 0.2) is 72.8 Å². The van der Waals surface area contributed by atoms with E-state index in [4.69, 9.17) is 4.74 Å². The van der Waals surface area contributed by atoms with Crippen molar-refractivity contribution >= 4 is 23.6 Å². The number of benzene rings is 3. The molecule has 4 atom stereocenters. The molecule has 3 aromatic rings. The number of amides is 4.